The lowest BCUT2D eigenvalue weighted by molar-refractivity contribution is -0.138. The molecule has 2 aromatic rings. The predicted molar refractivity (Wildman–Crippen MR) is 120 cm³/mol. The van der Waals surface area contributed by atoms with Crippen molar-refractivity contribution < 1.29 is 19.1 Å². The number of likely N-dealkylation sites (tertiary alicyclic amines) is 1. The third-order valence-corrected chi connectivity index (χ3v) is 5.90. The van der Waals surface area contributed by atoms with E-state index in [1.54, 1.807) is 18.1 Å². The summed E-state index contributed by atoms with van der Waals surface area (Å²) in [6, 6.07) is 11.0. The van der Waals surface area contributed by atoms with Crippen LogP contribution in [0.25, 0.3) is 0 Å². The van der Waals surface area contributed by atoms with Crippen molar-refractivity contribution in [2.75, 3.05) is 50.6 Å². The van der Waals surface area contributed by atoms with Gasteiger partial charge in [0.15, 0.2) is 5.82 Å². The summed E-state index contributed by atoms with van der Waals surface area (Å²) in [5.41, 5.74) is 0.754. The number of carbonyl (C=O) groups excluding carboxylic acids is 2. The number of aromatic nitrogens is 2. The van der Waals surface area contributed by atoms with E-state index in [-0.39, 0.29) is 30.3 Å². The zero-order valence-corrected chi connectivity index (χ0v) is 18.7. The van der Waals surface area contributed by atoms with Crippen molar-refractivity contribution in [2.45, 2.75) is 25.4 Å². The summed E-state index contributed by atoms with van der Waals surface area (Å²) in [5, 5.41) is 8.27. The third kappa shape index (κ3) is 4.76. The van der Waals surface area contributed by atoms with Gasteiger partial charge < -0.3 is 24.2 Å². The number of carbonyl (C=O) groups is 2. The Labute approximate surface area is 187 Å². The molecule has 1 aromatic heterocycles. The second-order valence-corrected chi connectivity index (χ2v) is 8.40. The van der Waals surface area contributed by atoms with E-state index in [9.17, 15) is 9.59 Å². The first-order valence-electron chi connectivity index (χ1n) is 10.9. The summed E-state index contributed by atoms with van der Waals surface area (Å²) in [6.07, 6.45) is 1.77. The maximum Gasteiger partial charge on any atom is 0.233 e. The Morgan fingerprint density at radius 2 is 2.00 bits per heavy atom. The lowest BCUT2D eigenvalue weighted by Gasteiger charge is -2.34. The van der Waals surface area contributed by atoms with Gasteiger partial charge >= 0.3 is 0 Å². The summed E-state index contributed by atoms with van der Waals surface area (Å²) >= 11 is 0. The zero-order valence-electron chi connectivity index (χ0n) is 18.7. The number of benzene rings is 1. The van der Waals surface area contributed by atoms with Crippen LogP contribution in [0.3, 0.4) is 0 Å². The topological polar surface area (TPSA) is 88.1 Å². The van der Waals surface area contributed by atoms with Crippen LogP contribution in [0.4, 0.5) is 11.5 Å². The summed E-state index contributed by atoms with van der Waals surface area (Å²) in [4.78, 5) is 31.2. The molecule has 4 rings (SSSR count). The fourth-order valence-electron chi connectivity index (χ4n) is 4.18. The smallest absolute Gasteiger partial charge is 0.233 e. The molecule has 0 aliphatic carbocycles. The van der Waals surface area contributed by atoms with Gasteiger partial charge in [-0.3, -0.25) is 9.59 Å². The number of amides is 2. The molecule has 0 spiro atoms. The molecule has 0 radical (unpaired) electrons. The quantitative estimate of drug-likeness (QED) is 0.680. The molecule has 2 atom stereocenters. The van der Waals surface area contributed by atoms with Crippen LogP contribution in [-0.4, -0.2) is 73.9 Å². The highest BCUT2D eigenvalue weighted by Crippen LogP contribution is 2.29. The highest BCUT2D eigenvalue weighted by molar-refractivity contribution is 6.00. The van der Waals surface area contributed by atoms with Gasteiger partial charge in [-0.05, 0) is 31.0 Å². The van der Waals surface area contributed by atoms with E-state index < -0.39 is 0 Å². The van der Waals surface area contributed by atoms with Crippen molar-refractivity contribution in [3.8, 4) is 11.6 Å². The minimum Gasteiger partial charge on any atom is -0.497 e. The monoisotopic (exact) mass is 439 g/mol. The van der Waals surface area contributed by atoms with Crippen LogP contribution in [0, 0.1) is 5.92 Å². The molecular weight excluding hydrogens is 410 g/mol. The van der Waals surface area contributed by atoms with E-state index >= 15 is 0 Å². The summed E-state index contributed by atoms with van der Waals surface area (Å²) in [6.45, 7) is 1.54. The van der Waals surface area contributed by atoms with Crippen molar-refractivity contribution in [1.29, 1.82) is 0 Å². The number of methoxy groups -OCH3 is 1. The molecule has 9 nitrogen and oxygen atoms in total. The summed E-state index contributed by atoms with van der Waals surface area (Å²) in [7, 11) is 5.39. The van der Waals surface area contributed by atoms with Crippen LogP contribution in [-0.2, 0) is 9.59 Å². The lowest BCUT2D eigenvalue weighted by atomic mass is 10.0. The van der Waals surface area contributed by atoms with Gasteiger partial charge in [0.25, 0.3) is 0 Å². The number of hydrogen-bond acceptors (Lipinski definition) is 7. The maximum absolute atomic E-state index is 13.2. The molecule has 170 valence electrons. The number of hydrogen-bond donors (Lipinski definition) is 0. The molecule has 2 amide bonds. The van der Waals surface area contributed by atoms with Crippen molar-refractivity contribution in [1.82, 2.24) is 15.1 Å². The molecule has 1 aromatic carbocycles. The Bertz CT molecular complexity index is 965. The van der Waals surface area contributed by atoms with Crippen molar-refractivity contribution >= 4 is 23.3 Å². The second kappa shape index (κ2) is 9.42. The number of nitrogens with zero attached hydrogens (tertiary/aromatic N) is 5. The highest BCUT2D eigenvalue weighted by atomic mass is 16.5. The molecule has 0 N–H and O–H groups in total. The van der Waals surface area contributed by atoms with Gasteiger partial charge in [0, 0.05) is 51.4 Å². The molecular formula is C23H29N5O4. The standard InChI is InChI=1S/C23H29N5O4/c1-26(2)20-9-10-21(25-24-20)32-19-8-5-11-27(15-19)23(30)16-12-22(29)28(14-16)17-6-4-7-18(13-17)31-3/h4,6-7,9-10,13,16,19H,5,8,11-12,14-15H2,1-3H3. The number of anilines is 2. The van der Waals surface area contributed by atoms with Gasteiger partial charge in [0.2, 0.25) is 17.7 Å². The fourth-order valence-corrected chi connectivity index (χ4v) is 4.18. The van der Waals surface area contributed by atoms with E-state index in [2.05, 4.69) is 10.2 Å². The minimum atomic E-state index is -0.355. The number of ether oxygens (including phenoxy) is 2. The molecule has 2 saturated heterocycles. The predicted octanol–water partition coefficient (Wildman–Crippen LogP) is 1.97. The number of rotatable bonds is 6. The first-order chi connectivity index (χ1) is 15.4. The van der Waals surface area contributed by atoms with Crippen LogP contribution in [0.15, 0.2) is 36.4 Å². The van der Waals surface area contributed by atoms with E-state index in [1.807, 2.05) is 54.2 Å². The molecule has 32 heavy (non-hydrogen) atoms. The Balaban J connectivity index is 1.37. The molecule has 0 bridgehead atoms. The number of piperidine rings is 1. The van der Waals surface area contributed by atoms with Gasteiger partial charge in [-0.25, -0.2) is 0 Å². The third-order valence-electron chi connectivity index (χ3n) is 5.90. The normalized spacial score (nSPS) is 20.9. The van der Waals surface area contributed by atoms with Crippen molar-refractivity contribution in [2.24, 2.45) is 5.92 Å². The average molecular weight is 440 g/mol. The van der Waals surface area contributed by atoms with E-state index in [1.165, 1.54) is 0 Å². The van der Waals surface area contributed by atoms with E-state index in [4.69, 9.17) is 9.47 Å². The Morgan fingerprint density at radius 3 is 2.72 bits per heavy atom. The molecule has 2 aliphatic heterocycles. The van der Waals surface area contributed by atoms with Crippen molar-refractivity contribution in [3.63, 3.8) is 0 Å². The Hall–Kier alpha value is -3.36. The highest BCUT2D eigenvalue weighted by Gasteiger charge is 2.38. The Kier molecular flexibility index (Phi) is 6.43. The van der Waals surface area contributed by atoms with Gasteiger partial charge in [-0.15, -0.1) is 10.2 Å². The molecule has 2 fully saturated rings. The fraction of sp³-hybridized carbons (Fsp3) is 0.478. The summed E-state index contributed by atoms with van der Waals surface area (Å²) < 4.78 is 11.3. The van der Waals surface area contributed by atoms with Crippen LogP contribution >= 0.6 is 0 Å². The van der Waals surface area contributed by atoms with E-state index in [0.717, 1.165) is 24.3 Å². The van der Waals surface area contributed by atoms with Crippen LogP contribution in [0.5, 0.6) is 11.6 Å². The van der Waals surface area contributed by atoms with E-state index in [0.29, 0.717) is 31.3 Å². The van der Waals surface area contributed by atoms with Crippen LogP contribution < -0.4 is 19.3 Å². The maximum atomic E-state index is 13.2. The molecule has 0 saturated carbocycles. The SMILES string of the molecule is COc1cccc(N2CC(C(=O)N3CCCC(Oc4ccc(N(C)C)nn4)C3)CC2=O)c1. The first kappa shape index (κ1) is 21.9. The zero-order chi connectivity index (χ0) is 22.7. The van der Waals surface area contributed by atoms with Crippen LogP contribution in [0.1, 0.15) is 19.3 Å². The van der Waals surface area contributed by atoms with Gasteiger partial charge in [0.05, 0.1) is 19.6 Å². The molecule has 3 heterocycles. The minimum absolute atomic E-state index is 0.00564. The lowest BCUT2D eigenvalue weighted by Crippen LogP contribution is -2.47. The molecule has 2 unspecified atom stereocenters. The Morgan fingerprint density at radius 1 is 1.16 bits per heavy atom. The van der Waals surface area contributed by atoms with Crippen LogP contribution in [0.2, 0.25) is 0 Å². The molecule has 9 heteroatoms. The molecule has 2 aliphatic rings. The second-order valence-electron chi connectivity index (χ2n) is 8.40. The first-order valence-corrected chi connectivity index (χ1v) is 10.9. The largest absolute Gasteiger partial charge is 0.497 e. The summed E-state index contributed by atoms with van der Waals surface area (Å²) in [5.74, 6) is 1.50. The van der Waals surface area contributed by atoms with Gasteiger partial charge in [0.1, 0.15) is 11.9 Å². The van der Waals surface area contributed by atoms with Crippen molar-refractivity contribution in [3.05, 3.63) is 36.4 Å². The van der Waals surface area contributed by atoms with Gasteiger partial charge in [-0.2, -0.15) is 0 Å². The van der Waals surface area contributed by atoms with Gasteiger partial charge in [-0.1, -0.05) is 6.07 Å². The average Bonchev–Trinajstić information content (AvgIpc) is 3.20.